The SMILES string of the molecule is CCCOc1ccc(/C=N\NC(=O)c2ccc(-c3csc(Nc4ccccc4)n3)cc2)cc1Cl. The molecule has 4 aromatic rings. The summed E-state index contributed by atoms with van der Waals surface area (Å²) in [5.74, 6) is 0.328. The number of anilines is 2. The minimum absolute atomic E-state index is 0.304. The molecule has 2 N–H and O–H groups in total. The van der Waals surface area contributed by atoms with E-state index in [1.165, 1.54) is 17.6 Å². The predicted molar refractivity (Wildman–Crippen MR) is 140 cm³/mol. The molecule has 0 radical (unpaired) electrons. The first kappa shape index (κ1) is 23.5. The van der Waals surface area contributed by atoms with Gasteiger partial charge in [0.15, 0.2) is 5.13 Å². The molecule has 8 heteroatoms. The molecule has 1 amide bonds. The van der Waals surface area contributed by atoms with E-state index in [1.807, 2.05) is 60.8 Å². The number of benzene rings is 3. The van der Waals surface area contributed by atoms with E-state index in [2.05, 4.69) is 20.8 Å². The zero-order valence-corrected chi connectivity index (χ0v) is 20.1. The lowest BCUT2D eigenvalue weighted by molar-refractivity contribution is 0.0955. The second-order valence-electron chi connectivity index (χ2n) is 7.34. The van der Waals surface area contributed by atoms with Gasteiger partial charge in [0.1, 0.15) is 5.75 Å². The minimum atomic E-state index is -0.304. The summed E-state index contributed by atoms with van der Waals surface area (Å²) in [7, 11) is 0. The Morgan fingerprint density at radius 1 is 1.12 bits per heavy atom. The number of para-hydroxylation sites is 1. The molecule has 0 saturated heterocycles. The summed E-state index contributed by atoms with van der Waals surface area (Å²) < 4.78 is 5.56. The van der Waals surface area contributed by atoms with Gasteiger partial charge in [-0.05, 0) is 54.4 Å². The van der Waals surface area contributed by atoms with Crippen molar-refractivity contribution < 1.29 is 9.53 Å². The van der Waals surface area contributed by atoms with Crippen LogP contribution in [0.15, 0.2) is 83.3 Å². The maximum Gasteiger partial charge on any atom is 0.271 e. The number of carbonyl (C=O) groups is 1. The average molecular weight is 491 g/mol. The molecule has 0 unspecified atom stereocenters. The Hall–Kier alpha value is -3.68. The van der Waals surface area contributed by atoms with Gasteiger partial charge in [0.2, 0.25) is 0 Å². The van der Waals surface area contributed by atoms with Gasteiger partial charge in [-0.2, -0.15) is 5.10 Å². The maximum atomic E-state index is 12.4. The largest absolute Gasteiger partial charge is 0.492 e. The number of aromatic nitrogens is 1. The molecule has 0 saturated carbocycles. The summed E-state index contributed by atoms with van der Waals surface area (Å²) in [6.45, 7) is 2.64. The second kappa shape index (κ2) is 11.4. The number of nitrogens with zero attached hydrogens (tertiary/aromatic N) is 2. The molecule has 3 aromatic carbocycles. The van der Waals surface area contributed by atoms with Crippen molar-refractivity contribution in [3.8, 4) is 17.0 Å². The molecule has 1 aromatic heterocycles. The van der Waals surface area contributed by atoms with Crippen molar-refractivity contribution in [3.63, 3.8) is 0 Å². The Kier molecular flexibility index (Phi) is 7.91. The number of ether oxygens (including phenoxy) is 1. The molecule has 6 nitrogen and oxygen atoms in total. The number of halogens is 1. The highest BCUT2D eigenvalue weighted by atomic mass is 35.5. The summed E-state index contributed by atoms with van der Waals surface area (Å²) in [5, 5.41) is 10.6. The van der Waals surface area contributed by atoms with Gasteiger partial charge < -0.3 is 10.1 Å². The highest BCUT2D eigenvalue weighted by Crippen LogP contribution is 2.27. The van der Waals surface area contributed by atoms with Crippen LogP contribution in [0.2, 0.25) is 5.02 Å². The van der Waals surface area contributed by atoms with Crippen molar-refractivity contribution in [3.05, 3.63) is 94.3 Å². The summed E-state index contributed by atoms with van der Waals surface area (Å²) in [5.41, 5.74) is 6.55. The fourth-order valence-electron chi connectivity index (χ4n) is 3.06. The molecule has 0 fully saturated rings. The Morgan fingerprint density at radius 3 is 2.65 bits per heavy atom. The van der Waals surface area contributed by atoms with Crippen LogP contribution >= 0.6 is 22.9 Å². The van der Waals surface area contributed by atoms with E-state index in [0.717, 1.165) is 34.1 Å². The molecule has 172 valence electrons. The normalized spacial score (nSPS) is 10.9. The predicted octanol–water partition coefficient (Wildman–Crippen LogP) is 6.76. The van der Waals surface area contributed by atoms with E-state index < -0.39 is 0 Å². The Labute approximate surface area is 207 Å². The van der Waals surface area contributed by atoms with Crippen molar-refractivity contribution >= 4 is 45.9 Å². The number of amides is 1. The number of hydrazone groups is 1. The number of rotatable bonds is 9. The number of carbonyl (C=O) groups excluding carboxylic acids is 1. The van der Waals surface area contributed by atoms with Crippen LogP contribution in [0.5, 0.6) is 5.75 Å². The first-order chi connectivity index (χ1) is 16.6. The van der Waals surface area contributed by atoms with E-state index >= 15 is 0 Å². The summed E-state index contributed by atoms with van der Waals surface area (Å²) >= 11 is 7.75. The minimum Gasteiger partial charge on any atom is -0.492 e. The van der Waals surface area contributed by atoms with E-state index in [-0.39, 0.29) is 5.91 Å². The second-order valence-corrected chi connectivity index (χ2v) is 8.61. The fraction of sp³-hybridized carbons (Fsp3) is 0.115. The molecular formula is C26H23ClN4O2S. The van der Waals surface area contributed by atoms with Crippen molar-refractivity contribution in [2.75, 3.05) is 11.9 Å². The molecule has 0 aliphatic heterocycles. The van der Waals surface area contributed by atoms with Crippen LogP contribution in [-0.4, -0.2) is 23.7 Å². The summed E-state index contributed by atoms with van der Waals surface area (Å²) in [6, 6.07) is 22.5. The topological polar surface area (TPSA) is 75.6 Å². The zero-order valence-electron chi connectivity index (χ0n) is 18.5. The van der Waals surface area contributed by atoms with Gasteiger partial charge in [-0.15, -0.1) is 11.3 Å². The third-order valence-corrected chi connectivity index (χ3v) is 5.82. The van der Waals surface area contributed by atoms with Crippen LogP contribution in [-0.2, 0) is 0 Å². The van der Waals surface area contributed by atoms with Crippen molar-refractivity contribution in [2.24, 2.45) is 5.10 Å². The molecule has 34 heavy (non-hydrogen) atoms. The first-order valence-corrected chi connectivity index (χ1v) is 12.0. The van der Waals surface area contributed by atoms with Crippen LogP contribution in [0.1, 0.15) is 29.3 Å². The number of hydrogen-bond acceptors (Lipinski definition) is 6. The average Bonchev–Trinajstić information content (AvgIpc) is 3.32. The fourth-order valence-corrected chi connectivity index (χ4v) is 4.04. The molecule has 4 rings (SSSR count). The van der Waals surface area contributed by atoms with E-state index in [1.54, 1.807) is 24.3 Å². The monoisotopic (exact) mass is 490 g/mol. The molecule has 0 aliphatic rings. The highest BCUT2D eigenvalue weighted by molar-refractivity contribution is 7.14. The van der Waals surface area contributed by atoms with Crippen LogP contribution < -0.4 is 15.5 Å². The molecular weight excluding hydrogens is 468 g/mol. The number of nitrogens with one attached hydrogen (secondary N) is 2. The van der Waals surface area contributed by atoms with Crippen molar-refractivity contribution in [1.29, 1.82) is 0 Å². The summed E-state index contributed by atoms with van der Waals surface area (Å²) in [4.78, 5) is 17.1. The third-order valence-electron chi connectivity index (χ3n) is 4.77. The molecule has 0 aliphatic carbocycles. The van der Waals surface area contributed by atoms with Gasteiger partial charge in [0, 0.05) is 22.2 Å². The van der Waals surface area contributed by atoms with Gasteiger partial charge in [0.05, 0.1) is 23.5 Å². The standard InChI is InChI=1S/C26H23ClN4O2S/c1-2-14-33-24-13-8-18(15-22(24)27)16-28-31-25(32)20-11-9-19(10-12-20)23-17-34-26(30-23)29-21-6-4-3-5-7-21/h3-13,15-17H,2,14H2,1H3,(H,29,30)(H,31,32)/b28-16-. The third kappa shape index (κ3) is 6.21. The maximum absolute atomic E-state index is 12.4. The quantitative estimate of drug-likeness (QED) is 0.201. The van der Waals surface area contributed by atoms with Crippen LogP contribution in [0.4, 0.5) is 10.8 Å². The number of thiazole rings is 1. The number of hydrogen-bond donors (Lipinski definition) is 2. The van der Waals surface area contributed by atoms with E-state index in [9.17, 15) is 4.79 Å². The van der Waals surface area contributed by atoms with E-state index in [0.29, 0.717) is 22.9 Å². The van der Waals surface area contributed by atoms with Crippen LogP contribution in [0.25, 0.3) is 11.3 Å². The van der Waals surface area contributed by atoms with Crippen molar-refractivity contribution in [1.82, 2.24) is 10.4 Å². The first-order valence-electron chi connectivity index (χ1n) is 10.8. The van der Waals surface area contributed by atoms with Gasteiger partial charge >= 0.3 is 0 Å². The van der Waals surface area contributed by atoms with Gasteiger partial charge in [-0.3, -0.25) is 4.79 Å². The van der Waals surface area contributed by atoms with E-state index in [4.69, 9.17) is 16.3 Å². The van der Waals surface area contributed by atoms with Gasteiger partial charge in [0.25, 0.3) is 5.91 Å². The Balaban J connectivity index is 1.34. The Bertz CT molecular complexity index is 1270. The van der Waals surface area contributed by atoms with Gasteiger partial charge in [-0.1, -0.05) is 48.9 Å². The molecule has 1 heterocycles. The van der Waals surface area contributed by atoms with Gasteiger partial charge in [-0.25, -0.2) is 10.4 Å². The Morgan fingerprint density at radius 2 is 1.91 bits per heavy atom. The lowest BCUT2D eigenvalue weighted by Gasteiger charge is -2.07. The lowest BCUT2D eigenvalue weighted by atomic mass is 10.1. The lowest BCUT2D eigenvalue weighted by Crippen LogP contribution is -2.17. The van der Waals surface area contributed by atoms with Crippen molar-refractivity contribution in [2.45, 2.75) is 13.3 Å². The smallest absolute Gasteiger partial charge is 0.271 e. The summed E-state index contributed by atoms with van der Waals surface area (Å²) in [6.07, 6.45) is 2.45. The zero-order chi connectivity index (χ0) is 23.8. The molecule has 0 atom stereocenters. The van der Waals surface area contributed by atoms with Crippen LogP contribution in [0.3, 0.4) is 0 Å². The highest BCUT2D eigenvalue weighted by Gasteiger charge is 2.08. The van der Waals surface area contributed by atoms with Crippen LogP contribution in [0, 0.1) is 0 Å². The molecule has 0 spiro atoms. The molecule has 0 bridgehead atoms.